The number of hydrogen-bond acceptors (Lipinski definition) is 3. The number of nitrogens with zero attached hydrogens (tertiary/aromatic N) is 5. The van der Waals surface area contributed by atoms with Crippen LogP contribution in [0.4, 0.5) is 0 Å². The lowest BCUT2D eigenvalue weighted by molar-refractivity contribution is 0.0594. The number of hydrogen-bond donors (Lipinski definition) is 0. The molecule has 1 saturated heterocycles. The predicted octanol–water partition coefficient (Wildman–Crippen LogP) is 3.21. The Bertz CT molecular complexity index is 856. The summed E-state index contributed by atoms with van der Waals surface area (Å²) >= 11 is 0. The number of amides is 1. The smallest absolute Gasteiger partial charge is 0.257 e. The summed E-state index contributed by atoms with van der Waals surface area (Å²) in [5.74, 6) is 0.0967. The predicted molar refractivity (Wildman–Crippen MR) is 103 cm³/mol. The number of aromatic nitrogens is 4. The van der Waals surface area contributed by atoms with Gasteiger partial charge in [-0.25, -0.2) is 0 Å². The van der Waals surface area contributed by atoms with Crippen molar-refractivity contribution in [1.29, 1.82) is 0 Å². The van der Waals surface area contributed by atoms with Gasteiger partial charge in [0.1, 0.15) is 0 Å². The van der Waals surface area contributed by atoms with Crippen LogP contribution in [0.15, 0.2) is 61.2 Å². The van der Waals surface area contributed by atoms with Crippen LogP contribution < -0.4 is 0 Å². The van der Waals surface area contributed by atoms with E-state index >= 15 is 0 Å². The molecule has 0 bridgehead atoms. The third-order valence-corrected chi connectivity index (χ3v) is 5.21. The van der Waals surface area contributed by atoms with Crippen LogP contribution in [0.25, 0.3) is 0 Å². The molecule has 6 nitrogen and oxygen atoms in total. The first-order chi connectivity index (χ1) is 13.3. The van der Waals surface area contributed by atoms with Gasteiger partial charge in [0.25, 0.3) is 5.91 Å². The van der Waals surface area contributed by atoms with Crippen molar-refractivity contribution < 1.29 is 4.79 Å². The molecule has 1 aliphatic heterocycles. The standard InChI is InChI=1S/C21H25N5O/c27-21(19-15-23-25(17-19)16-18-7-2-1-3-8-18)26-13-5-4-9-20(26)10-14-24-12-6-11-22-24/h1-3,6-8,11-12,15,17,20H,4-5,9-10,13-14,16H2. The van der Waals surface area contributed by atoms with Crippen LogP contribution >= 0.6 is 0 Å². The molecule has 3 aromatic rings. The van der Waals surface area contributed by atoms with Gasteiger partial charge in [0.15, 0.2) is 0 Å². The number of aryl methyl sites for hydroxylation is 1. The molecule has 1 amide bonds. The number of benzene rings is 1. The maximum Gasteiger partial charge on any atom is 0.257 e. The van der Waals surface area contributed by atoms with E-state index in [1.807, 2.05) is 50.9 Å². The minimum Gasteiger partial charge on any atom is -0.335 e. The van der Waals surface area contributed by atoms with Crippen molar-refractivity contribution in [2.24, 2.45) is 0 Å². The van der Waals surface area contributed by atoms with E-state index in [1.165, 1.54) is 12.0 Å². The Morgan fingerprint density at radius 2 is 1.96 bits per heavy atom. The lowest BCUT2D eigenvalue weighted by Crippen LogP contribution is -2.44. The van der Waals surface area contributed by atoms with E-state index in [1.54, 1.807) is 12.4 Å². The molecular weight excluding hydrogens is 338 g/mol. The van der Waals surface area contributed by atoms with Gasteiger partial charge in [-0.15, -0.1) is 0 Å². The van der Waals surface area contributed by atoms with Gasteiger partial charge in [0, 0.05) is 37.7 Å². The summed E-state index contributed by atoms with van der Waals surface area (Å²) in [5.41, 5.74) is 1.85. The average Bonchev–Trinajstić information content (AvgIpc) is 3.39. The van der Waals surface area contributed by atoms with Crippen LogP contribution in [0.5, 0.6) is 0 Å². The van der Waals surface area contributed by atoms with Crippen LogP contribution in [0, 0.1) is 0 Å². The van der Waals surface area contributed by atoms with E-state index in [-0.39, 0.29) is 11.9 Å². The second-order valence-corrected chi connectivity index (χ2v) is 7.12. The highest BCUT2D eigenvalue weighted by Gasteiger charge is 2.28. The van der Waals surface area contributed by atoms with E-state index in [0.717, 1.165) is 32.4 Å². The Morgan fingerprint density at radius 1 is 1.07 bits per heavy atom. The molecule has 1 unspecified atom stereocenters. The zero-order chi connectivity index (χ0) is 18.5. The van der Waals surface area contributed by atoms with Gasteiger partial charge in [0.05, 0.1) is 18.3 Å². The van der Waals surface area contributed by atoms with Gasteiger partial charge in [-0.3, -0.25) is 14.2 Å². The SMILES string of the molecule is O=C(c1cnn(Cc2ccccc2)c1)N1CCCCC1CCn1cccn1. The van der Waals surface area contributed by atoms with E-state index in [0.29, 0.717) is 12.1 Å². The van der Waals surface area contributed by atoms with Crippen LogP contribution in [0.1, 0.15) is 41.6 Å². The normalized spacial score (nSPS) is 17.2. The first kappa shape index (κ1) is 17.5. The van der Waals surface area contributed by atoms with Crippen molar-refractivity contribution in [2.45, 2.75) is 44.8 Å². The fourth-order valence-electron chi connectivity index (χ4n) is 3.78. The Morgan fingerprint density at radius 3 is 2.78 bits per heavy atom. The zero-order valence-electron chi connectivity index (χ0n) is 15.4. The molecule has 1 atom stereocenters. The van der Waals surface area contributed by atoms with E-state index in [9.17, 15) is 4.79 Å². The average molecular weight is 363 g/mol. The molecule has 0 N–H and O–H groups in total. The monoisotopic (exact) mass is 363 g/mol. The molecule has 140 valence electrons. The van der Waals surface area contributed by atoms with Gasteiger partial charge in [-0.1, -0.05) is 30.3 Å². The molecule has 0 radical (unpaired) electrons. The van der Waals surface area contributed by atoms with E-state index < -0.39 is 0 Å². The third kappa shape index (κ3) is 4.27. The van der Waals surface area contributed by atoms with Crippen molar-refractivity contribution in [2.75, 3.05) is 6.54 Å². The zero-order valence-corrected chi connectivity index (χ0v) is 15.4. The summed E-state index contributed by atoms with van der Waals surface area (Å²) in [4.78, 5) is 15.1. The van der Waals surface area contributed by atoms with Gasteiger partial charge in [0.2, 0.25) is 0 Å². The topological polar surface area (TPSA) is 56.0 Å². The molecule has 4 rings (SSSR count). The molecule has 0 spiro atoms. The fraction of sp³-hybridized carbons (Fsp3) is 0.381. The van der Waals surface area contributed by atoms with Gasteiger partial charge in [-0.2, -0.15) is 10.2 Å². The molecular formula is C21H25N5O. The highest BCUT2D eigenvalue weighted by molar-refractivity contribution is 5.94. The Hall–Kier alpha value is -2.89. The molecule has 1 aliphatic rings. The number of piperidine rings is 1. The maximum atomic E-state index is 13.1. The van der Waals surface area contributed by atoms with Gasteiger partial charge < -0.3 is 4.90 Å². The first-order valence-electron chi connectivity index (χ1n) is 9.64. The second kappa shape index (κ2) is 8.20. The number of likely N-dealkylation sites (tertiary alicyclic amines) is 1. The van der Waals surface area contributed by atoms with Crippen molar-refractivity contribution in [1.82, 2.24) is 24.5 Å². The van der Waals surface area contributed by atoms with Crippen molar-refractivity contribution >= 4 is 5.91 Å². The van der Waals surface area contributed by atoms with E-state index in [2.05, 4.69) is 22.3 Å². The van der Waals surface area contributed by atoms with Crippen LogP contribution in [0.3, 0.4) is 0 Å². The third-order valence-electron chi connectivity index (χ3n) is 5.21. The van der Waals surface area contributed by atoms with Crippen molar-refractivity contribution in [3.05, 3.63) is 72.3 Å². The Kier molecular flexibility index (Phi) is 5.32. The molecule has 2 aromatic heterocycles. The number of rotatable bonds is 6. The summed E-state index contributed by atoms with van der Waals surface area (Å²) in [6.07, 6.45) is 11.6. The Balaban J connectivity index is 1.42. The molecule has 0 aliphatic carbocycles. The van der Waals surface area contributed by atoms with Gasteiger partial charge >= 0.3 is 0 Å². The van der Waals surface area contributed by atoms with Gasteiger partial charge in [-0.05, 0) is 37.3 Å². The summed E-state index contributed by atoms with van der Waals surface area (Å²) in [5, 5.41) is 8.67. The van der Waals surface area contributed by atoms with Crippen LogP contribution in [-0.4, -0.2) is 43.0 Å². The fourth-order valence-corrected chi connectivity index (χ4v) is 3.78. The van der Waals surface area contributed by atoms with E-state index in [4.69, 9.17) is 0 Å². The maximum absolute atomic E-state index is 13.1. The summed E-state index contributed by atoms with van der Waals surface area (Å²) in [6.45, 7) is 2.35. The minimum absolute atomic E-state index is 0.0967. The summed E-state index contributed by atoms with van der Waals surface area (Å²) in [6, 6.07) is 12.4. The van der Waals surface area contributed by atoms with Crippen LogP contribution in [0.2, 0.25) is 0 Å². The van der Waals surface area contributed by atoms with Crippen molar-refractivity contribution in [3.63, 3.8) is 0 Å². The minimum atomic E-state index is 0.0967. The van der Waals surface area contributed by atoms with Crippen LogP contribution in [-0.2, 0) is 13.1 Å². The number of carbonyl (C=O) groups is 1. The molecule has 0 saturated carbocycles. The first-order valence-corrected chi connectivity index (χ1v) is 9.64. The molecule has 1 aromatic carbocycles. The quantitative estimate of drug-likeness (QED) is 0.676. The summed E-state index contributed by atoms with van der Waals surface area (Å²) < 4.78 is 3.78. The lowest BCUT2D eigenvalue weighted by atomic mass is 9.98. The highest BCUT2D eigenvalue weighted by atomic mass is 16.2. The summed E-state index contributed by atoms with van der Waals surface area (Å²) in [7, 11) is 0. The highest BCUT2D eigenvalue weighted by Crippen LogP contribution is 2.22. The number of carbonyl (C=O) groups excluding carboxylic acids is 1. The molecule has 27 heavy (non-hydrogen) atoms. The lowest BCUT2D eigenvalue weighted by Gasteiger charge is -2.35. The largest absolute Gasteiger partial charge is 0.335 e. The molecule has 3 heterocycles. The van der Waals surface area contributed by atoms with Crippen molar-refractivity contribution in [3.8, 4) is 0 Å². The molecule has 6 heteroatoms. The second-order valence-electron chi connectivity index (χ2n) is 7.12. The Labute approximate surface area is 159 Å². The molecule has 1 fully saturated rings.